The molecule has 0 unspecified atom stereocenters. The highest BCUT2D eigenvalue weighted by Gasteiger charge is 2.59. The van der Waals surface area contributed by atoms with Gasteiger partial charge < -0.3 is 23.7 Å². The van der Waals surface area contributed by atoms with E-state index in [9.17, 15) is 0 Å². The first kappa shape index (κ1) is 41.9. The van der Waals surface area contributed by atoms with Crippen molar-refractivity contribution in [2.24, 2.45) is 46.3 Å². The lowest BCUT2D eigenvalue weighted by Crippen LogP contribution is -2.51. The van der Waals surface area contributed by atoms with Gasteiger partial charge in [-0.2, -0.15) is 0 Å². The van der Waals surface area contributed by atoms with Gasteiger partial charge in [-0.25, -0.2) is 0 Å². The van der Waals surface area contributed by atoms with Crippen LogP contribution in [0.3, 0.4) is 0 Å². The van der Waals surface area contributed by atoms with Gasteiger partial charge >= 0.3 is 0 Å². The van der Waals surface area contributed by atoms with Crippen LogP contribution in [-0.2, 0) is 43.5 Å². The van der Waals surface area contributed by atoms with Crippen LogP contribution in [-0.4, -0.2) is 37.3 Å². The first-order valence-corrected chi connectivity index (χ1v) is 23.1. The summed E-state index contributed by atoms with van der Waals surface area (Å²) in [7, 11) is 0. The van der Waals surface area contributed by atoms with Gasteiger partial charge in [-0.05, 0) is 114 Å². The maximum Gasteiger partial charge on any atom is 0.187 e. The van der Waals surface area contributed by atoms with Crippen LogP contribution in [0.5, 0.6) is 0 Å². The molecule has 5 heteroatoms. The minimum absolute atomic E-state index is 0.0823. The first-order chi connectivity index (χ1) is 28.2. The summed E-state index contributed by atoms with van der Waals surface area (Å²) in [6.07, 6.45) is 15.5. The van der Waals surface area contributed by atoms with Gasteiger partial charge in [-0.15, -0.1) is 0 Å². The molecule has 3 aromatic carbocycles. The highest BCUT2D eigenvalue weighted by molar-refractivity contribution is 5.26. The van der Waals surface area contributed by atoms with Gasteiger partial charge in [0.15, 0.2) is 6.29 Å². The van der Waals surface area contributed by atoms with Crippen LogP contribution in [0.25, 0.3) is 0 Å². The molecular formula is C53H72O5. The van der Waals surface area contributed by atoms with Crippen LogP contribution in [0.2, 0.25) is 0 Å². The summed E-state index contributed by atoms with van der Waals surface area (Å²) >= 11 is 0. The summed E-state index contributed by atoms with van der Waals surface area (Å²) in [4.78, 5) is 0. The van der Waals surface area contributed by atoms with E-state index in [0.29, 0.717) is 31.8 Å². The molecule has 314 valence electrons. The van der Waals surface area contributed by atoms with E-state index >= 15 is 0 Å². The number of benzene rings is 3. The highest BCUT2D eigenvalue weighted by Crippen LogP contribution is 2.67. The molecule has 3 aromatic rings. The Balaban J connectivity index is 0.964. The molecule has 0 amide bonds. The molecule has 4 aliphatic carbocycles. The number of allylic oxidation sites excluding steroid dienone is 1. The van der Waals surface area contributed by atoms with Crippen molar-refractivity contribution in [2.45, 2.75) is 156 Å². The van der Waals surface area contributed by atoms with Crippen LogP contribution < -0.4 is 0 Å². The normalized spacial score (nSPS) is 34.9. The summed E-state index contributed by atoms with van der Waals surface area (Å²) < 4.78 is 33.9. The van der Waals surface area contributed by atoms with Crippen molar-refractivity contribution in [1.29, 1.82) is 0 Å². The number of rotatable bonds is 17. The van der Waals surface area contributed by atoms with Crippen molar-refractivity contribution < 1.29 is 23.7 Å². The van der Waals surface area contributed by atoms with E-state index < -0.39 is 12.4 Å². The second-order valence-corrected chi connectivity index (χ2v) is 19.9. The third-order valence-electron chi connectivity index (χ3n) is 15.8. The Morgan fingerprint density at radius 2 is 1.33 bits per heavy atom. The molecule has 3 saturated carbocycles. The fourth-order valence-electron chi connectivity index (χ4n) is 12.7. The van der Waals surface area contributed by atoms with Crippen molar-refractivity contribution in [3.63, 3.8) is 0 Å². The molecular weight excluding hydrogens is 717 g/mol. The number of hydrogen-bond donors (Lipinski definition) is 0. The lowest BCUT2D eigenvalue weighted by Gasteiger charge is -2.58. The first-order valence-electron chi connectivity index (χ1n) is 23.1. The Morgan fingerprint density at radius 3 is 1.98 bits per heavy atom. The number of hydrogen-bond acceptors (Lipinski definition) is 5. The lowest BCUT2D eigenvalue weighted by atomic mass is 9.47. The Kier molecular flexibility index (Phi) is 13.6. The summed E-state index contributed by atoms with van der Waals surface area (Å²) in [6, 6.07) is 31.1. The lowest BCUT2D eigenvalue weighted by molar-refractivity contribution is -0.212. The molecule has 8 rings (SSSR count). The Morgan fingerprint density at radius 1 is 0.690 bits per heavy atom. The van der Waals surface area contributed by atoms with E-state index in [1.807, 2.05) is 18.2 Å². The predicted molar refractivity (Wildman–Crippen MR) is 233 cm³/mol. The molecule has 12 atom stereocenters. The third-order valence-corrected chi connectivity index (χ3v) is 15.8. The molecule has 1 aliphatic heterocycles. The fourth-order valence-corrected chi connectivity index (χ4v) is 12.7. The minimum atomic E-state index is -0.547. The molecule has 5 nitrogen and oxygen atoms in total. The molecule has 5 aliphatic rings. The van der Waals surface area contributed by atoms with Gasteiger partial charge in [0.1, 0.15) is 18.3 Å². The molecule has 58 heavy (non-hydrogen) atoms. The van der Waals surface area contributed by atoms with E-state index in [-0.39, 0.29) is 23.7 Å². The third kappa shape index (κ3) is 9.25. The van der Waals surface area contributed by atoms with Crippen molar-refractivity contribution in [1.82, 2.24) is 0 Å². The quantitative estimate of drug-likeness (QED) is 0.128. The van der Waals surface area contributed by atoms with Gasteiger partial charge in [0.25, 0.3) is 0 Å². The largest absolute Gasteiger partial charge is 0.374 e. The summed E-state index contributed by atoms with van der Waals surface area (Å²) in [5.41, 5.74) is 5.81. The summed E-state index contributed by atoms with van der Waals surface area (Å²) in [5, 5.41) is 0. The second-order valence-electron chi connectivity index (χ2n) is 19.9. The molecule has 0 radical (unpaired) electrons. The zero-order chi connectivity index (χ0) is 40.1. The van der Waals surface area contributed by atoms with Gasteiger partial charge in [-0.3, -0.25) is 0 Å². The standard InChI is InChI=1S/C53H72O5/c1-37(2)16-15-17-38(3)45-26-27-46-44-25-24-42-32-43(28-30-52(42,4)47(44)29-31-53(45,46)5)57-51-50(56-35-41-22-13-8-14-23-41)49(55-34-40-20-11-7-12-21-40)48(58-51)36-54-33-39-18-9-6-10-19-39/h6-14,18-24,37-38,43-51H,15-17,25-36H2,1-5H3/t38-,43+,44+,45-,46+,47+,48-,49-,50-,51-,52+,53-/m1/s1. The molecule has 0 N–H and O–H groups in total. The van der Waals surface area contributed by atoms with E-state index in [1.54, 1.807) is 5.57 Å². The monoisotopic (exact) mass is 789 g/mol. The van der Waals surface area contributed by atoms with Crippen LogP contribution in [0, 0.1) is 46.3 Å². The van der Waals surface area contributed by atoms with Crippen molar-refractivity contribution in [2.75, 3.05) is 6.61 Å². The van der Waals surface area contributed by atoms with Crippen molar-refractivity contribution in [3.8, 4) is 0 Å². The molecule has 0 bridgehead atoms. The number of ether oxygens (including phenoxy) is 5. The van der Waals surface area contributed by atoms with Crippen LogP contribution in [0.15, 0.2) is 103 Å². The molecule has 0 spiro atoms. The maximum atomic E-state index is 7.11. The van der Waals surface area contributed by atoms with E-state index in [0.717, 1.165) is 65.0 Å². The SMILES string of the molecule is CC(C)CCC[C@@H](C)[C@H]1CC[C@H]2[C@@H]3CC=C4C[C@@H](O[C@@H]5O[C@H](COCc6ccccc6)[C@@H](OCc6ccccc6)[C@H]5OCc5ccccc5)CC[C@]4(C)[C@H]3CC[C@]12C. The average molecular weight is 789 g/mol. The summed E-state index contributed by atoms with van der Waals surface area (Å²) in [6.45, 7) is 14.5. The molecule has 1 saturated heterocycles. The Labute approximate surface area is 350 Å². The zero-order valence-corrected chi connectivity index (χ0v) is 36.2. The topological polar surface area (TPSA) is 46.2 Å². The second kappa shape index (κ2) is 18.9. The van der Waals surface area contributed by atoms with Crippen molar-refractivity contribution in [3.05, 3.63) is 119 Å². The summed E-state index contributed by atoms with van der Waals surface area (Å²) in [5.74, 6) is 5.04. The van der Waals surface area contributed by atoms with Gasteiger partial charge in [0.05, 0.1) is 32.5 Å². The molecule has 0 aromatic heterocycles. The van der Waals surface area contributed by atoms with Gasteiger partial charge in [0, 0.05) is 0 Å². The van der Waals surface area contributed by atoms with Crippen LogP contribution in [0.4, 0.5) is 0 Å². The van der Waals surface area contributed by atoms with E-state index in [4.69, 9.17) is 23.7 Å². The highest BCUT2D eigenvalue weighted by atomic mass is 16.7. The van der Waals surface area contributed by atoms with Gasteiger partial charge in [0.2, 0.25) is 0 Å². The predicted octanol–water partition coefficient (Wildman–Crippen LogP) is 12.5. The fraction of sp³-hybridized carbons (Fsp3) is 0.623. The minimum Gasteiger partial charge on any atom is -0.374 e. The van der Waals surface area contributed by atoms with E-state index in [1.165, 1.54) is 57.8 Å². The van der Waals surface area contributed by atoms with Crippen LogP contribution in [0.1, 0.15) is 122 Å². The number of fused-ring (bicyclic) bond motifs is 5. The van der Waals surface area contributed by atoms with Crippen molar-refractivity contribution >= 4 is 0 Å². The van der Waals surface area contributed by atoms with Gasteiger partial charge in [-0.1, -0.05) is 157 Å². The maximum absolute atomic E-state index is 7.11. The Bertz CT molecular complexity index is 1740. The van der Waals surface area contributed by atoms with Crippen LogP contribution >= 0.6 is 0 Å². The Hall–Kier alpha value is -2.80. The average Bonchev–Trinajstić information content (AvgIpc) is 3.76. The van der Waals surface area contributed by atoms with E-state index in [2.05, 4.69) is 113 Å². The molecule has 1 heterocycles. The zero-order valence-electron chi connectivity index (χ0n) is 36.2. The molecule has 4 fully saturated rings. The smallest absolute Gasteiger partial charge is 0.187 e.